The van der Waals surface area contributed by atoms with Crippen molar-refractivity contribution in [2.24, 2.45) is 0 Å². The Hall–Kier alpha value is -4.14. The lowest BCUT2D eigenvalue weighted by Crippen LogP contribution is -2.27. The lowest BCUT2D eigenvalue weighted by atomic mass is 10.2. The zero-order chi connectivity index (χ0) is 22.5. The third kappa shape index (κ3) is 4.61. The van der Waals surface area contributed by atoms with Gasteiger partial charge >= 0.3 is 0 Å². The summed E-state index contributed by atoms with van der Waals surface area (Å²) in [4.78, 5) is 16.8. The number of benzene rings is 2. The number of carbonyl (C=O) groups is 1. The molecule has 9 heteroatoms. The topological polar surface area (TPSA) is 91.4 Å². The summed E-state index contributed by atoms with van der Waals surface area (Å²) in [7, 11) is 3.00. The van der Waals surface area contributed by atoms with Crippen LogP contribution in [0.1, 0.15) is 5.56 Å². The molecule has 2 aromatic heterocycles. The minimum absolute atomic E-state index is 0.0768. The average molecular weight is 436 g/mol. The molecule has 2 aromatic carbocycles. The maximum Gasteiger partial charge on any atom is 0.274 e. The Balaban J connectivity index is 1.43. The predicted molar refractivity (Wildman–Crippen MR) is 115 cm³/mol. The average Bonchev–Trinajstić information content (AvgIpc) is 3.47. The summed E-state index contributed by atoms with van der Waals surface area (Å²) in [5.74, 6) is 0.659. The summed E-state index contributed by atoms with van der Waals surface area (Å²) in [6.07, 6.45) is 1.75. The van der Waals surface area contributed by atoms with Gasteiger partial charge in [0.05, 0.1) is 14.2 Å². The number of nitrogens with zero attached hydrogens (tertiary/aromatic N) is 3. The molecule has 4 aromatic rings. The summed E-state index contributed by atoms with van der Waals surface area (Å²) >= 11 is 0. The molecule has 0 bridgehead atoms. The quantitative estimate of drug-likeness (QED) is 0.453. The number of hydrogen-bond acceptors (Lipinski definition) is 6. The third-order valence-corrected chi connectivity index (χ3v) is 4.85. The molecular weight excluding hydrogens is 415 g/mol. The molecule has 0 radical (unpaired) electrons. The van der Waals surface area contributed by atoms with Crippen molar-refractivity contribution in [2.45, 2.75) is 13.1 Å². The number of hydrogen-bond donors (Lipinski definition) is 1. The molecule has 1 N–H and O–H groups in total. The van der Waals surface area contributed by atoms with Gasteiger partial charge in [-0.15, -0.1) is 0 Å². The van der Waals surface area contributed by atoms with Crippen molar-refractivity contribution in [3.8, 4) is 34.5 Å². The summed E-state index contributed by atoms with van der Waals surface area (Å²) in [5, 5.41) is 6.81. The molecule has 32 heavy (non-hydrogen) atoms. The van der Waals surface area contributed by atoms with Crippen LogP contribution < -0.4 is 14.8 Å². The second-order valence-electron chi connectivity index (χ2n) is 6.92. The summed E-state index contributed by atoms with van der Waals surface area (Å²) < 4.78 is 31.1. The van der Waals surface area contributed by atoms with Crippen molar-refractivity contribution < 1.29 is 23.2 Å². The fraction of sp³-hybridized carbons (Fsp3) is 0.174. The molecule has 8 nitrogen and oxygen atoms in total. The highest BCUT2D eigenvalue weighted by molar-refractivity contribution is 5.76. The van der Waals surface area contributed by atoms with Gasteiger partial charge in [-0.05, 0) is 48.0 Å². The van der Waals surface area contributed by atoms with Gasteiger partial charge in [-0.25, -0.2) is 4.39 Å². The highest BCUT2D eigenvalue weighted by Gasteiger charge is 2.16. The molecule has 0 aliphatic heterocycles. The van der Waals surface area contributed by atoms with Crippen LogP contribution in [0.2, 0.25) is 0 Å². The van der Waals surface area contributed by atoms with Gasteiger partial charge in [0.25, 0.3) is 5.89 Å². The zero-order valence-electron chi connectivity index (χ0n) is 17.5. The van der Waals surface area contributed by atoms with Crippen LogP contribution in [0, 0.1) is 5.82 Å². The monoisotopic (exact) mass is 436 g/mol. The van der Waals surface area contributed by atoms with Gasteiger partial charge < -0.3 is 23.9 Å². The van der Waals surface area contributed by atoms with E-state index >= 15 is 0 Å². The van der Waals surface area contributed by atoms with Crippen LogP contribution in [0.4, 0.5) is 4.39 Å². The molecule has 0 saturated heterocycles. The number of carbonyl (C=O) groups excluding carboxylic acids is 1. The standard InChI is InChI=1S/C23H21FN4O4/c1-30-17-8-5-15(6-9-17)13-25-21(29)14-28-11-3-4-19(28)23-26-22(27-32-23)16-7-10-20(31-2)18(24)12-16/h3-12H,13-14H2,1-2H3,(H,25,29). The van der Waals surface area contributed by atoms with Crippen LogP contribution in [0.5, 0.6) is 11.5 Å². The number of ether oxygens (including phenoxy) is 2. The first-order valence-electron chi connectivity index (χ1n) is 9.80. The van der Waals surface area contributed by atoms with E-state index < -0.39 is 5.82 Å². The first kappa shape index (κ1) is 21.1. The van der Waals surface area contributed by atoms with Gasteiger partial charge in [-0.3, -0.25) is 4.79 Å². The molecule has 164 valence electrons. The van der Waals surface area contributed by atoms with Gasteiger partial charge in [-0.1, -0.05) is 17.3 Å². The highest BCUT2D eigenvalue weighted by Crippen LogP contribution is 2.26. The zero-order valence-corrected chi connectivity index (χ0v) is 17.5. The van der Waals surface area contributed by atoms with Crippen LogP contribution in [-0.4, -0.2) is 34.8 Å². The predicted octanol–water partition coefficient (Wildman–Crippen LogP) is 3.68. The largest absolute Gasteiger partial charge is 0.497 e. The normalized spacial score (nSPS) is 10.7. The Morgan fingerprint density at radius 3 is 2.66 bits per heavy atom. The molecular formula is C23H21FN4O4. The Bertz CT molecular complexity index is 1220. The van der Waals surface area contributed by atoms with E-state index in [1.165, 1.54) is 19.2 Å². The molecule has 0 fully saturated rings. The second-order valence-corrected chi connectivity index (χ2v) is 6.92. The number of methoxy groups -OCH3 is 2. The molecule has 0 atom stereocenters. The van der Waals surface area contributed by atoms with E-state index in [-0.39, 0.29) is 29.9 Å². The van der Waals surface area contributed by atoms with Crippen molar-refractivity contribution in [1.82, 2.24) is 20.0 Å². The fourth-order valence-electron chi connectivity index (χ4n) is 3.15. The SMILES string of the molecule is COc1ccc(CNC(=O)Cn2cccc2-c2nc(-c3ccc(OC)c(F)c3)no2)cc1. The van der Waals surface area contributed by atoms with E-state index in [1.54, 1.807) is 36.1 Å². The molecule has 1 amide bonds. The van der Waals surface area contributed by atoms with Gasteiger partial charge in [-0.2, -0.15) is 4.98 Å². The van der Waals surface area contributed by atoms with Crippen LogP contribution in [0.15, 0.2) is 65.3 Å². The van der Waals surface area contributed by atoms with E-state index in [0.717, 1.165) is 11.3 Å². The smallest absolute Gasteiger partial charge is 0.274 e. The number of halogens is 1. The minimum Gasteiger partial charge on any atom is -0.497 e. The Morgan fingerprint density at radius 1 is 1.12 bits per heavy atom. The van der Waals surface area contributed by atoms with E-state index in [0.29, 0.717) is 17.8 Å². The summed E-state index contributed by atoms with van der Waals surface area (Å²) in [6, 6.07) is 15.4. The van der Waals surface area contributed by atoms with E-state index in [2.05, 4.69) is 15.5 Å². The first-order valence-corrected chi connectivity index (χ1v) is 9.80. The lowest BCUT2D eigenvalue weighted by molar-refractivity contribution is -0.121. The van der Waals surface area contributed by atoms with Crippen molar-refractivity contribution in [1.29, 1.82) is 0 Å². The highest BCUT2D eigenvalue weighted by atomic mass is 19.1. The molecule has 0 aliphatic rings. The molecule has 0 spiro atoms. The second kappa shape index (κ2) is 9.34. The number of amides is 1. The summed E-state index contributed by atoms with van der Waals surface area (Å²) in [6.45, 7) is 0.473. The third-order valence-electron chi connectivity index (χ3n) is 4.85. The maximum atomic E-state index is 14.0. The maximum absolute atomic E-state index is 14.0. The van der Waals surface area contributed by atoms with Crippen molar-refractivity contribution in [2.75, 3.05) is 14.2 Å². The van der Waals surface area contributed by atoms with Gasteiger partial charge in [0.2, 0.25) is 11.7 Å². The number of nitrogens with one attached hydrogen (secondary N) is 1. The number of aromatic nitrogens is 3. The van der Waals surface area contributed by atoms with Gasteiger partial charge in [0.1, 0.15) is 18.0 Å². The van der Waals surface area contributed by atoms with E-state index in [4.69, 9.17) is 14.0 Å². The van der Waals surface area contributed by atoms with E-state index in [1.807, 2.05) is 24.3 Å². The minimum atomic E-state index is -0.520. The Morgan fingerprint density at radius 2 is 1.94 bits per heavy atom. The molecule has 2 heterocycles. The number of rotatable bonds is 8. The molecule has 0 unspecified atom stereocenters. The van der Waals surface area contributed by atoms with Crippen LogP contribution in [-0.2, 0) is 17.9 Å². The fourth-order valence-corrected chi connectivity index (χ4v) is 3.15. The van der Waals surface area contributed by atoms with Crippen LogP contribution in [0.25, 0.3) is 23.0 Å². The van der Waals surface area contributed by atoms with Crippen molar-refractivity contribution >= 4 is 5.91 Å². The summed E-state index contributed by atoms with van der Waals surface area (Å²) in [5.41, 5.74) is 1.99. The molecule has 0 saturated carbocycles. The molecule has 0 aliphatic carbocycles. The van der Waals surface area contributed by atoms with Gasteiger partial charge in [0.15, 0.2) is 11.6 Å². The first-order chi connectivity index (χ1) is 15.6. The Kier molecular flexibility index (Phi) is 6.16. The lowest BCUT2D eigenvalue weighted by Gasteiger charge is -2.08. The molecule has 4 rings (SSSR count). The van der Waals surface area contributed by atoms with Crippen molar-refractivity contribution in [3.05, 3.63) is 72.2 Å². The Labute approximate surface area is 183 Å². The van der Waals surface area contributed by atoms with Crippen molar-refractivity contribution in [3.63, 3.8) is 0 Å². The van der Waals surface area contributed by atoms with E-state index in [9.17, 15) is 9.18 Å². The van der Waals surface area contributed by atoms with Crippen LogP contribution in [0.3, 0.4) is 0 Å². The van der Waals surface area contributed by atoms with Gasteiger partial charge in [0, 0.05) is 18.3 Å². The van der Waals surface area contributed by atoms with Crippen LogP contribution >= 0.6 is 0 Å².